The van der Waals surface area contributed by atoms with E-state index in [1.165, 1.54) is 0 Å². The lowest BCUT2D eigenvalue weighted by molar-refractivity contribution is -0.126. The van der Waals surface area contributed by atoms with E-state index in [0.29, 0.717) is 30.4 Å². The number of rotatable bonds is 7. The number of ether oxygens (including phenoxy) is 1. The molecule has 1 aliphatic heterocycles. The predicted octanol–water partition coefficient (Wildman–Crippen LogP) is 1.81. The van der Waals surface area contributed by atoms with Gasteiger partial charge in [0.15, 0.2) is 0 Å². The van der Waals surface area contributed by atoms with Crippen molar-refractivity contribution in [3.8, 4) is 5.75 Å². The van der Waals surface area contributed by atoms with Crippen molar-refractivity contribution in [1.82, 2.24) is 15.5 Å². The van der Waals surface area contributed by atoms with E-state index in [1.54, 1.807) is 25.3 Å². The molecule has 0 aliphatic carbocycles. The van der Waals surface area contributed by atoms with Crippen LogP contribution in [0.15, 0.2) is 18.2 Å². The Balaban J connectivity index is 1.76. The van der Waals surface area contributed by atoms with Gasteiger partial charge in [-0.05, 0) is 51.1 Å². The molecule has 0 bridgehead atoms. The molecule has 2 amide bonds. The van der Waals surface area contributed by atoms with Crippen molar-refractivity contribution < 1.29 is 14.3 Å². The zero-order valence-electron chi connectivity index (χ0n) is 14.8. The Hall–Kier alpha value is -1.79. The highest BCUT2D eigenvalue weighted by atomic mass is 35.5. The number of methoxy groups -OCH3 is 1. The Morgan fingerprint density at radius 2 is 2.00 bits per heavy atom. The minimum absolute atomic E-state index is 0.0431. The van der Waals surface area contributed by atoms with Crippen LogP contribution in [0.2, 0.25) is 5.02 Å². The van der Waals surface area contributed by atoms with Crippen molar-refractivity contribution >= 4 is 23.4 Å². The first-order valence-corrected chi connectivity index (χ1v) is 9.00. The van der Waals surface area contributed by atoms with E-state index in [0.717, 1.165) is 31.5 Å². The molecule has 1 aromatic carbocycles. The molecular formula is C18H26ClN3O3. The number of carbonyl (C=O) groups is 2. The summed E-state index contributed by atoms with van der Waals surface area (Å²) in [6.45, 7) is 4.81. The molecule has 0 aromatic heterocycles. The fraction of sp³-hybridized carbons (Fsp3) is 0.556. The molecule has 0 atom stereocenters. The Labute approximate surface area is 153 Å². The summed E-state index contributed by atoms with van der Waals surface area (Å²) in [5.41, 5.74) is 0.846. The van der Waals surface area contributed by atoms with Gasteiger partial charge >= 0.3 is 0 Å². The smallest absolute Gasteiger partial charge is 0.234 e. The standard InChI is InChI=1S/C18H26ClN3O3/c1-3-20-18(24)13-6-8-22(9-7-13)12-17(23)21-11-14-10-15(19)4-5-16(14)25-2/h4-5,10,13H,3,6-9,11-12H2,1-2H3,(H,20,24)(H,21,23). The first-order chi connectivity index (χ1) is 12.0. The lowest BCUT2D eigenvalue weighted by atomic mass is 9.96. The minimum atomic E-state index is -0.0431. The average molecular weight is 368 g/mol. The van der Waals surface area contributed by atoms with Gasteiger partial charge in [0.05, 0.1) is 13.7 Å². The van der Waals surface area contributed by atoms with Gasteiger partial charge in [0, 0.05) is 29.6 Å². The summed E-state index contributed by atoms with van der Waals surface area (Å²) in [5.74, 6) is 0.848. The van der Waals surface area contributed by atoms with Gasteiger partial charge in [-0.25, -0.2) is 0 Å². The van der Waals surface area contributed by atoms with Gasteiger partial charge in [-0.1, -0.05) is 11.6 Å². The van der Waals surface area contributed by atoms with Crippen LogP contribution in [0.25, 0.3) is 0 Å². The Bertz CT molecular complexity index is 601. The van der Waals surface area contributed by atoms with Crippen LogP contribution in [0.3, 0.4) is 0 Å². The number of hydrogen-bond acceptors (Lipinski definition) is 4. The van der Waals surface area contributed by atoms with Crippen LogP contribution in [-0.2, 0) is 16.1 Å². The van der Waals surface area contributed by atoms with Crippen LogP contribution < -0.4 is 15.4 Å². The maximum Gasteiger partial charge on any atom is 0.234 e. The number of piperidine rings is 1. The van der Waals surface area contributed by atoms with Crippen molar-refractivity contribution in [2.45, 2.75) is 26.3 Å². The van der Waals surface area contributed by atoms with Crippen molar-refractivity contribution in [1.29, 1.82) is 0 Å². The average Bonchev–Trinajstić information content (AvgIpc) is 2.61. The zero-order chi connectivity index (χ0) is 18.2. The normalized spacial score (nSPS) is 15.6. The van der Waals surface area contributed by atoms with Gasteiger partial charge in [0.2, 0.25) is 11.8 Å². The molecule has 1 heterocycles. The van der Waals surface area contributed by atoms with E-state index < -0.39 is 0 Å². The zero-order valence-corrected chi connectivity index (χ0v) is 15.6. The largest absolute Gasteiger partial charge is 0.496 e. The molecule has 2 rings (SSSR count). The van der Waals surface area contributed by atoms with Crippen LogP contribution in [0.1, 0.15) is 25.3 Å². The van der Waals surface area contributed by atoms with Gasteiger partial charge in [-0.15, -0.1) is 0 Å². The summed E-state index contributed by atoms with van der Waals surface area (Å²) < 4.78 is 5.28. The SMILES string of the molecule is CCNC(=O)C1CCN(CC(=O)NCc2cc(Cl)ccc2OC)CC1. The molecule has 1 fully saturated rings. The summed E-state index contributed by atoms with van der Waals surface area (Å²) >= 11 is 6.00. The van der Waals surface area contributed by atoms with Crippen LogP contribution in [0, 0.1) is 5.92 Å². The maximum absolute atomic E-state index is 12.2. The minimum Gasteiger partial charge on any atom is -0.496 e. The fourth-order valence-electron chi connectivity index (χ4n) is 3.01. The summed E-state index contributed by atoms with van der Waals surface area (Å²) in [6, 6.07) is 5.33. The molecule has 138 valence electrons. The molecule has 2 N–H and O–H groups in total. The third-order valence-electron chi connectivity index (χ3n) is 4.40. The number of amides is 2. The number of carbonyl (C=O) groups excluding carboxylic acids is 2. The molecule has 1 aromatic rings. The monoisotopic (exact) mass is 367 g/mol. The third-order valence-corrected chi connectivity index (χ3v) is 4.63. The first-order valence-electron chi connectivity index (χ1n) is 8.62. The quantitative estimate of drug-likeness (QED) is 0.771. The number of likely N-dealkylation sites (tertiary alicyclic amines) is 1. The van der Waals surface area contributed by atoms with E-state index in [4.69, 9.17) is 16.3 Å². The van der Waals surface area contributed by atoms with Gasteiger partial charge in [0.1, 0.15) is 5.75 Å². The van der Waals surface area contributed by atoms with Crippen molar-refractivity contribution in [2.75, 3.05) is 33.3 Å². The summed E-state index contributed by atoms with van der Waals surface area (Å²) in [6.07, 6.45) is 1.59. The molecule has 0 radical (unpaired) electrons. The van der Waals surface area contributed by atoms with E-state index >= 15 is 0 Å². The van der Waals surface area contributed by atoms with Gasteiger partial charge in [-0.2, -0.15) is 0 Å². The van der Waals surface area contributed by atoms with Crippen LogP contribution in [-0.4, -0.2) is 50.0 Å². The Morgan fingerprint density at radius 1 is 1.28 bits per heavy atom. The number of benzene rings is 1. The first kappa shape index (κ1) is 19.5. The molecule has 1 saturated heterocycles. The number of halogens is 1. The van der Waals surface area contributed by atoms with Gasteiger partial charge in [0.25, 0.3) is 0 Å². The molecule has 25 heavy (non-hydrogen) atoms. The van der Waals surface area contributed by atoms with Crippen LogP contribution >= 0.6 is 11.6 Å². The van der Waals surface area contributed by atoms with Gasteiger partial charge < -0.3 is 15.4 Å². The van der Waals surface area contributed by atoms with Gasteiger partial charge in [-0.3, -0.25) is 14.5 Å². The van der Waals surface area contributed by atoms with Crippen LogP contribution in [0.5, 0.6) is 5.75 Å². The molecule has 0 unspecified atom stereocenters. The molecule has 6 nitrogen and oxygen atoms in total. The molecule has 7 heteroatoms. The fourth-order valence-corrected chi connectivity index (χ4v) is 3.20. The Morgan fingerprint density at radius 3 is 2.64 bits per heavy atom. The summed E-state index contributed by atoms with van der Waals surface area (Å²) in [7, 11) is 1.59. The van der Waals surface area contributed by atoms with E-state index in [1.807, 2.05) is 6.92 Å². The number of nitrogens with zero attached hydrogens (tertiary/aromatic N) is 1. The maximum atomic E-state index is 12.2. The second kappa shape index (κ2) is 9.63. The topological polar surface area (TPSA) is 70.7 Å². The summed E-state index contributed by atoms with van der Waals surface area (Å²) in [4.78, 5) is 26.1. The van der Waals surface area contributed by atoms with Crippen molar-refractivity contribution in [3.05, 3.63) is 28.8 Å². The van der Waals surface area contributed by atoms with Crippen LogP contribution in [0.4, 0.5) is 0 Å². The van der Waals surface area contributed by atoms with E-state index in [9.17, 15) is 9.59 Å². The third kappa shape index (κ3) is 5.90. The number of nitrogens with one attached hydrogen (secondary N) is 2. The molecule has 1 aliphatic rings. The molecule has 0 spiro atoms. The summed E-state index contributed by atoms with van der Waals surface area (Å²) in [5, 5.41) is 6.38. The predicted molar refractivity (Wildman–Crippen MR) is 97.7 cm³/mol. The molecule has 0 saturated carbocycles. The lowest BCUT2D eigenvalue weighted by Gasteiger charge is -2.30. The second-order valence-electron chi connectivity index (χ2n) is 6.18. The Kier molecular flexibility index (Phi) is 7.52. The second-order valence-corrected chi connectivity index (χ2v) is 6.61. The highest BCUT2D eigenvalue weighted by Gasteiger charge is 2.25. The highest BCUT2D eigenvalue weighted by molar-refractivity contribution is 6.30. The van der Waals surface area contributed by atoms with E-state index in [-0.39, 0.29) is 17.7 Å². The highest BCUT2D eigenvalue weighted by Crippen LogP contribution is 2.22. The molecular weight excluding hydrogens is 342 g/mol. The number of hydrogen-bond donors (Lipinski definition) is 2. The van der Waals surface area contributed by atoms with Crippen molar-refractivity contribution in [2.24, 2.45) is 5.92 Å². The lowest BCUT2D eigenvalue weighted by Crippen LogP contribution is -2.44. The van der Waals surface area contributed by atoms with Crippen molar-refractivity contribution in [3.63, 3.8) is 0 Å². The van der Waals surface area contributed by atoms with E-state index in [2.05, 4.69) is 15.5 Å².